The van der Waals surface area contributed by atoms with Crippen LogP contribution in [0.4, 0.5) is 4.79 Å². The van der Waals surface area contributed by atoms with Crippen molar-refractivity contribution in [2.24, 2.45) is 5.92 Å². The first-order valence-corrected chi connectivity index (χ1v) is 8.13. The van der Waals surface area contributed by atoms with Gasteiger partial charge in [-0.2, -0.15) is 0 Å². The molecule has 0 unspecified atom stereocenters. The standard InChI is InChI=1S/C16H30N4O3/c1-10(2)12(19-15(22)23-16(3,4)5)14(21)20-9-7-8-11(20)13(17)18-6/h10-12H,7-9H2,1-6H3,(H2,17,18)(H,19,22)/t11-,12-/m0/s1. The molecule has 0 radical (unpaired) electrons. The van der Waals surface area contributed by atoms with E-state index in [2.05, 4.69) is 10.6 Å². The highest BCUT2D eigenvalue weighted by atomic mass is 16.6. The number of likely N-dealkylation sites (N-methyl/N-ethyl adjacent to an activating group) is 1. The number of alkyl carbamates (subject to hydrolysis) is 1. The largest absolute Gasteiger partial charge is 0.444 e. The molecule has 1 aliphatic rings. The molecule has 1 aliphatic heterocycles. The summed E-state index contributed by atoms with van der Waals surface area (Å²) in [5.41, 5.74) is -0.612. The highest BCUT2D eigenvalue weighted by Gasteiger charge is 2.37. The van der Waals surface area contributed by atoms with Crippen LogP contribution < -0.4 is 10.6 Å². The Morgan fingerprint density at radius 1 is 1.30 bits per heavy atom. The molecule has 0 bridgehead atoms. The van der Waals surface area contributed by atoms with Crippen LogP contribution in [0.25, 0.3) is 0 Å². The monoisotopic (exact) mass is 326 g/mol. The molecular weight excluding hydrogens is 296 g/mol. The van der Waals surface area contributed by atoms with Crippen molar-refractivity contribution in [3.8, 4) is 0 Å². The average molecular weight is 326 g/mol. The first-order chi connectivity index (χ1) is 10.6. The van der Waals surface area contributed by atoms with Gasteiger partial charge in [-0.3, -0.25) is 10.2 Å². The maximum atomic E-state index is 12.9. The lowest BCUT2D eigenvalue weighted by Crippen LogP contribution is -2.55. The Morgan fingerprint density at radius 2 is 1.91 bits per heavy atom. The van der Waals surface area contributed by atoms with E-state index in [9.17, 15) is 9.59 Å². The predicted molar refractivity (Wildman–Crippen MR) is 89.5 cm³/mol. The van der Waals surface area contributed by atoms with Crippen molar-refractivity contribution in [2.45, 2.75) is 65.1 Å². The minimum absolute atomic E-state index is 0.0694. The minimum Gasteiger partial charge on any atom is -0.444 e. The van der Waals surface area contributed by atoms with E-state index in [0.717, 1.165) is 12.8 Å². The second kappa shape index (κ2) is 7.66. The van der Waals surface area contributed by atoms with E-state index < -0.39 is 17.7 Å². The van der Waals surface area contributed by atoms with Crippen molar-refractivity contribution < 1.29 is 14.3 Å². The van der Waals surface area contributed by atoms with E-state index in [0.29, 0.717) is 12.4 Å². The summed E-state index contributed by atoms with van der Waals surface area (Å²) in [6.07, 6.45) is 1.03. The Kier molecular flexibility index (Phi) is 6.41. The third-order valence-electron chi connectivity index (χ3n) is 3.74. The molecular formula is C16H30N4O3. The van der Waals surface area contributed by atoms with Crippen molar-refractivity contribution in [3.63, 3.8) is 0 Å². The van der Waals surface area contributed by atoms with Gasteiger partial charge in [0.2, 0.25) is 5.91 Å². The normalized spacial score (nSPS) is 19.4. The van der Waals surface area contributed by atoms with Crippen molar-refractivity contribution in [1.82, 2.24) is 15.5 Å². The summed E-state index contributed by atoms with van der Waals surface area (Å²) in [5.74, 6) is 0.101. The SMILES string of the molecule is CNC(=N)[C@@H]1CCCN1C(=O)[C@@H](NC(=O)OC(C)(C)C)C(C)C. The van der Waals surface area contributed by atoms with E-state index in [1.54, 1.807) is 32.7 Å². The predicted octanol–water partition coefficient (Wildman–Crippen LogP) is 1.72. The van der Waals surface area contributed by atoms with Gasteiger partial charge >= 0.3 is 6.09 Å². The van der Waals surface area contributed by atoms with Gasteiger partial charge in [0.25, 0.3) is 0 Å². The lowest BCUT2D eigenvalue weighted by Gasteiger charge is -2.31. The minimum atomic E-state index is -0.657. The van der Waals surface area contributed by atoms with E-state index >= 15 is 0 Å². The number of nitrogens with zero attached hydrogens (tertiary/aromatic N) is 1. The molecule has 7 heteroatoms. The van der Waals surface area contributed by atoms with E-state index in [4.69, 9.17) is 10.1 Å². The highest BCUT2D eigenvalue weighted by molar-refractivity contribution is 5.93. The zero-order valence-electron chi connectivity index (χ0n) is 15.0. The van der Waals surface area contributed by atoms with Gasteiger partial charge in [-0.1, -0.05) is 13.8 Å². The molecule has 1 rings (SSSR count). The van der Waals surface area contributed by atoms with E-state index in [1.165, 1.54) is 0 Å². The van der Waals surface area contributed by atoms with Gasteiger partial charge in [0.1, 0.15) is 17.5 Å². The first-order valence-electron chi connectivity index (χ1n) is 8.13. The Bertz CT molecular complexity index is 457. The summed E-state index contributed by atoms with van der Waals surface area (Å²) in [5, 5.41) is 13.4. The third-order valence-corrected chi connectivity index (χ3v) is 3.74. The number of likely N-dealkylation sites (tertiary alicyclic amines) is 1. The van der Waals surface area contributed by atoms with Crippen LogP contribution in [0.5, 0.6) is 0 Å². The molecule has 1 heterocycles. The number of nitrogens with one attached hydrogen (secondary N) is 3. The summed E-state index contributed by atoms with van der Waals surface area (Å²) in [6.45, 7) is 9.71. The molecule has 0 aliphatic carbocycles. The summed E-state index contributed by atoms with van der Waals surface area (Å²) in [7, 11) is 1.68. The maximum Gasteiger partial charge on any atom is 0.408 e. The number of carbonyl (C=O) groups is 2. The second-order valence-corrected chi connectivity index (χ2v) is 7.22. The van der Waals surface area contributed by atoms with Gasteiger partial charge < -0.3 is 20.3 Å². The molecule has 0 aromatic rings. The second-order valence-electron chi connectivity index (χ2n) is 7.22. The lowest BCUT2D eigenvalue weighted by molar-refractivity contribution is -0.134. The Morgan fingerprint density at radius 3 is 2.39 bits per heavy atom. The van der Waals surface area contributed by atoms with Crippen molar-refractivity contribution >= 4 is 17.8 Å². The van der Waals surface area contributed by atoms with Crippen molar-refractivity contribution in [1.29, 1.82) is 5.41 Å². The third kappa shape index (κ3) is 5.41. The molecule has 7 nitrogen and oxygen atoms in total. The summed E-state index contributed by atoms with van der Waals surface area (Å²) < 4.78 is 5.25. The molecule has 132 valence electrons. The first kappa shape index (κ1) is 19.3. The maximum absolute atomic E-state index is 12.9. The van der Waals surface area contributed by atoms with Gasteiger partial charge in [0, 0.05) is 13.6 Å². The fourth-order valence-corrected chi connectivity index (χ4v) is 2.62. The summed E-state index contributed by atoms with van der Waals surface area (Å²) >= 11 is 0. The van der Waals surface area contributed by atoms with Crippen LogP contribution in [0.3, 0.4) is 0 Å². The van der Waals surface area contributed by atoms with Crippen LogP contribution in [-0.2, 0) is 9.53 Å². The number of hydrogen-bond acceptors (Lipinski definition) is 4. The lowest BCUT2D eigenvalue weighted by atomic mass is 10.0. The number of amidine groups is 1. The molecule has 0 spiro atoms. The van der Waals surface area contributed by atoms with Crippen LogP contribution in [-0.4, -0.2) is 54.0 Å². The van der Waals surface area contributed by atoms with Crippen LogP contribution in [0.1, 0.15) is 47.5 Å². The van der Waals surface area contributed by atoms with E-state index in [-0.39, 0.29) is 17.9 Å². The topological polar surface area (TPSA) is 94.5 Å². The van der Waals surface area contributed by atoms with E-state index in [1.807, 2.05) is 13.8 Å². The zero-order valence-corrected chi connectivity index (χ0v) is 15.0. The van der Waals surface area contributed by atoms with Crippen LogP contribution in [0, 0.1) is 11.3 Å². The van der Waals surface area contributed by atoms with Gasteiger partial charge in [-0.15, -0.1) is 0 Å². The number of amides is 2. The van der Waals surface area contributed by atoms with Gasteiger partial charge in [-0.05, 0) is 39.5 Å². The van der Waals surface area contributed by atoms with Gasteiger partial charge in [0.05, 0.1) is 6.04 Å². The summed E-state index contributed by atoms with van der Waals surface area (Å²) in [4.78, 5) is 26.5. The molecule has 1 fully saturated rings. The Labute approximate surface area is 138 Å². The molecule has 0 aromatic carbocycles. The smallest absolute Gasteiger partial charge is 0.408 e. The quantitative estimate of drug-likeness (QED) is 0.541. The van der Waals surface area contributed by atoms with Crippen LogP contribution in [0.2, 0.25) is 0 Å². The average Bonchev–Trinajstić information content (AvgIpc) is 2.90. The highest BCUT2D eigenvalue weighted by Crippen LogP contribution is 2.20. The van der Waals surface area contributed by atoms with Gasteiger partial charge in [0.15, 0.2) is 0 Å². The fourth-order valence-electron chi connectivity index (χ4n) is 2.62. The number of carbonyl (C=O) groups excluding carboxylic acids is 2. The Balaban J connectivity index is 2.82. The van der Waals surface area contributed by atoms with Crippen molar-refractivity contribution in [2.75, 3.05) is 13.6 Å². The molecule has 0 aromatic heterocycles. The molecule has 1 saturated heterocycles. The fraction of sp³-hybridized carbons (Fsp3) is 0.812. The van der Waals surface area contributed by atoms with Gasteiger partial charge in [-0.25, -0.2) is 4.79 Å². The number of ether oxygens (including phenoxy) is 1. The molecule has 3 N–H and O–H groups in total. The molecule has 23 heavy (non-hydrogen) atoms. The molecule has 2 amide bonds. The van der Waals surface area contributed by atoms with Crippen molar-refractivity contribution in [3.05, 3.63) is 0 Å². The zero-order chi connectivity index (χ0) is 17.8. The Hall–Kier alpha value is -1.79. The molecule has 0 saturated carbocycles. The van der Waals surface area contributed by atoms with Crippen LogP contribution in [0.15, 0.2) is 0 Å². The summed E-state index contributed by atoms with van der Waals surface area (Å²) in [6, 6.07) is -0.899. The molecule has 2 atom stereocenters. The number of rotatable bonds is 4. The number of hydrogen-bond donors (Lipinski definition) is 3. The van der Waals surface area contributed by atoms with Crippen LogP contribution >= 0.6 is 0 Å².